The SMILES string of the molecule is C=CCCCOC(=O)c1onc(C)c1C(=O)O. The molecule has 1 aromatic heterocycles. The van der Waals surface area contributed by atoms with Crippen molar-refractivity contribution in [2.24, 2.45) is 0 Å². The van der Waals surface area contributed by atoms with E-state index in [9.17, 15) is 9.59 Å². The number of aryl methyl sites for hydroxylation is 1. The van der Waals surface area contributed by atoms with Crippen LogP contribution in [0, 0.1) is 6.92 Å². The molecule has 0 aliphatic rings. The third-order valence-electron chi connectivity index (χ3n) is 2.05. The van der Waals surface area contributed by atoms with E-state index in [1.165, 1.54) is 6.92 Å². The molecule has 0 aromatic carbocycles. The van der Waals surface area contributed by atoms with E-state index in [0.29, 0.717) is 12.8 Å². The van der Waals surface area contributed by atoms with Gasteiger partial charge in [0.25, 0.3) is 5.76 Å². The summed E-state index contributed by atoms with van der Waals surface area (Å²) in [5.74, 6) is -2.44. The molecule has 92 valence electrons. The molecule has 0 radical (unpaired) electrons. The fourth-order valence-electron chi connectivity index (χ4n) is 1.22. The van der Waals surface area contributed by atoms with Crippen molar-refractivity contribution in [1.29, 1.82) is 0 Å². The van der Waals surface area contributed by atoms with Crippen LogP contribution >= 0.6 is 0 Å². The van der Waals surface area contributed by atoms with Crippen LogP contribution in [0.2, 0.25) is 0 Å². The predicted octanol–water partition coefficient (Wildman–Crippen LogP) is 1.80. The zero-order valence-electron chi connectivity index (χ0n) is 9.43. The zero-order chi connectivity index (χ0) is 12.8. The summed E-state index contributed by atoms with van der Waals surface area (Å²) in [5, 5.41) is 12.3. The second-order valence-electron chi connectivity index (χ2n) is 3.34. The molecule has 1 heterocycles. The standard InChI is InChI=1S/C11H13NO5/c1-3-4-5-6-16-11(15)9-8(10(13)14)7(2)12-17-9/h3H,1,4-6H2,2H3,(H,13,14). The Labute approximate surface area is 97.9 Å². The van der Waals surface area contributed by atoms with Gasteiger partial charge in [0.2, 0.25) is 0 Å². The number of aromatic carboxylic acids is 1. The number of allylic oxidation sites excluding steroid dienone is 1. The van der Waals surface area contributed by atoms with Gasteiger partial charge >= 0.3 is 11.9 Å². The molecule has 0 atom stereocenters. The number of carbonyl (C=O) groups excluding carboxylic acids is 1. The minimum absolute atomic E-state index is 0.149. The molecule has 6 heteroatoms. The highest BCUT2D eigenvalue weighted by Gasteiger charge is 2.26. The van der Waals surface area contributed by atoms with Gasteiger partial charge in [-0.3, -0.25) is 0 Å². The maximum Gasteiger partial charge on any atom is 0.378 e. The summed E-state index contributed by atoms with van der Waals surface area (Å²) in [7, 11) is 0. The molecule has 1 aromatic rings. The Balaban J connectivity index is 2.69. The summed E-state index contributed by atoms with van der Waals surface area (Å²) in [6, 6.07) is 0. The number of aromatic nitrogens is 1. The predicted molar refractivity (Wildman–Crippen MR) is 57.9 cm³/mol. The third-order valence-corrected chi connectivity index (χ3v) is 2.05. The van der Waals surface area contributed by atoms with Crippen LogP contribution in [0.25, 0.3) is 0 Å². The Kier molecular flexibility index (Phi) is 4.45. The summed E-state index contributed by atoms with van der Waals surface area (Å²) >= 11 is 0. The molecule has 0 saturated heterocycles. The minimum atomic E-state index is -1.26. The van der Waals surface area contributed by atoms with Crippen LogP contribution in [-0.2, 0) is 4.74 Å². The van der Waals surface area contributed by atoms with E-state index >= 15 is 0 Å². The van der Waals surface area contributed by atoms with Crippen LogP contribution in [-0.4, -0.2) is 28.8 Å². The number of carbonyl (C=O) groups is 2. The molecule has 1 rings (SSSR count). The van der Waals surface area contributed by atoms with E-state index in [1.54, 1.807) is 6.08 Å². The molecule has 17 heavy (non-hydrogen) atoms. The van der Waals surface area contributed by atoms with Crippen LogP contribution in [0.1, 0.15) is 39.4 Å². The van der Waals surface area contributed by atoms with Crippen LogP contribution in [0.4, 0.5) is 0 Å². The van der Waals surface area contributed by atoms with Crippen LogP contribution < -0.4 is 0 Å². The first-order valence-corrected chi connectivity index (χ1v) is 5.05. The van der Waals surface area contributed by atoms with Gasteiger partial charge in [-0.25, -0.2) is 9.59 Å². The molecule has 0 fully saturated rings. The van der Waals surface area contributed by atoms with E-state index in [-0.39, 0.29) is 23.6 Å². The molecule has 0 aliphatic heterocycles. The number of carboxylic acids is 1. The van der Waals surface area contributed by atoms with Gasteiger partial charge in [-0.05, 0) is 19.8 Å². The van der Waals surface area contributed by atoms with E-state index in [1.807, 2.05) is 0 Å². The van der Waals surface area contributed by atoms with Crippen molar-refractivity contribution < 1.29 is 24.0 Å². The first-order chi connectivity index (χ1) is 8.07. The summed E-state index contributed by atoms with van der Waals surface area (Å²) in [4.78, 5) is 22.4. The van der Waals surface area contributed by atoms with E-state index in [0.717, 1.165) is 0 Å². The van der Waals surface area contributed by atoms with Gasteiger partial charge in [0, 0.05) is 0 Å². The Bertz CT molecular complexity index is 435. The summed E-state index contributed by atoms with van der Waals surface area (Å²) in [6.45, 7) is 5.16. The first-order valence-electron chi connectivity index (χ1n) is 5.05. The molecule has 0 spiro atoms. The number of rotatable bonds is 6. The van der Waals surface area contributed by atoms with Gasteiger partial charge in [0.05, 0.1) is 12.3 Å². The first kappa shape index (κ1) is 13.0. The maximum atomic E-state index is 11.5. The Morgan fingerprint density at radius 3 is 2.88 bits per heavy atom. The molecule has 0 aliphatic carbocycles. The Morgan fingerprint density at radius 2 is 2.29 bits per heavy atom. The number of hydrogen-bond acceptors (Lipinski definition) is 5. The third kappa shape index (κ3) is 3.17. The van der Waals surface area contributed by atoms with Crippen molar-refractivity contribution in [3.05, 3.63) is 29.7 Å². The van der Waals surface area contributed by atoms with Gasteiger partial charge in [-0.15, -0.1) is 6.58 Å². The van der Waals surface area contributed by atoms with Gasteiger partial charge < -0.3 is 14.4 Å². The molecule has 0 bridgehead atoms. The van der Waals surface area contributed by atoms with Crippen molar-refractivity contribution in [2.75, 3.05) is 6.61 Å². The van der Waals surface area contributed by atoms with Gasteiger partial charge in [0.1, 0.15) is 5.56 Å². The highest BCUT2D eigenvalue weighted by molar-refractivity contribution is 6.01. The van der Waals surface area contributed by atoms with Crippen molar-refractivity contribution >= 4 is 11.9 Å². The molecule has 0 unspecified atom stereocenters. The van der Waals surface area contributed by atoms with Crippen molar-refractivity contribution in [1.82, 2.24) is 5.16 Å². The highest BCUT2D eigenvalue weighted by Crippen LogP contribution is 2.14. The monoisotopic (exact) mass is 239 g/mol. The van der Waals surface area contributed by atoms with Crippen molar-refractivity contribution in [3.63, 3.8) is 0 Å². The number of ether oxygens (including phenoxy) is 1. The maximum absolute atomic E-state index is 11.5. The fourth-order valence-corrected chi connectivity index (χ4v) is 1.22. The minimum Gasteiger partial charge on any atom is -0.477 e. The van der Waals surface area contributed by atoms with Crippen LogP contribution in [0.15, 0.2) is 17.2 Å². The van der Waals surface area contributed by atoms with E-state index in [4.69, 9.17) is 9.84 Å². The summed E-state index contributed by atoms with van der Waals surface area (Å²) in [6.07, 6.45) is 3.05. The number of esters is 1. The number of carboxylic acid groups (broad SMARTS) is 1. The fraction of sp³-hybridized carbons (Fsp3) is 0.364. The van der Waals surface area contributed by atoms with Crippen LogP contribution in [0.5, 0.6) is 0 Å². The summed E-state index contributed by atoms with van der Waals surface area (Å²) in [5.41, 5.74) is -0.103. The second kappa shape index (κ2) is 5.83. The topological polar surface area (TPSA) is 89.6 Å². The Morgan fingerprint density at radius 1 is 1.59 bits per heavy atom. The smallest absolute Gasteiger partial charge is 0.378 e. The average molecular weight is 239 g/mol. The lowest BCUT2D eigenvalue weighted by molar-refractivity contribution is 0.0444. The summed E-state index contributed by atoms with van der Waals surface area (Å²) < 4.78 is 9.50. The van der Waals surface area contributed by atoms with Gasteiger partial charge in [-0.1, -0.05) is 11.2 Å². The zero-order valence-corrected chi connectivity index (χ0v) is 9.43. The molecule has 1 N–H and O–H groups in total. The Hall–Kier alpha value is -2.11. The quantitative estimate of drug-likeness (QED) is 0.462. The largest absolute Gasteiger partial charge is 0.477 e. The lowest BCUT2D eigenvalue weighted by atomic mass is 10.2. The average Bonchev–Trinajstić information content (AvgIpc) is 2.66. The van der Waals surface area contributed by atoms with Crippen LogP contribution in [0.3, 0.4) is 0 Å². The number of unbranched alkanes of at least 4 members (excludes halogenated alkanes) is 1. The highest BCUT2D eigenvalue weighted by atomic mass is 16.6. The molecular weight excluding hydrogens is 226 g/mol. The number of nitrogens with zero attached hydrogens (tertiary/aromatic N) is 1. The second-order valence-corrected chi connectivity index (χ2v) is 3.34. The normalized spacial score (nSPS) is 9.94. The lowest BCUT2D eigenvalue weighted by Crippen LogP contribution is -2.11. The molecule has 0 saturated carbocycles. The van der Waals surface area contributed by atoms with Crippen molar-refractivity contribution in [2.45, 2.75) is 19.8 Å². The molecular formula is C11H13NO5. The molecule has 0 amide bonds. The van der Waals surface area contributed by atoms with Crippen molar-refractivity contribution in [3.8, 4) is 0 Å². The van der Waals surface area contributed by atoms with Gasteiger partial charge in [-0.2, -0.15) is 0 Å². The van der Waals surface area contributed by atoms with E-state index < -0.39 is 11.9 Å². The van der Waals surface area contributed by atoms with E-state index in [2.05, 4.69) is 16.3 Å². The molecule has 6 nitrogen and oxygen atoms in total. The van der Waals surface area contributed by atoms with Gasteiger partial charge in [0.15, 0.2) is 0 Å². The number of hydrogen-bond donors (Lipinski definition) is 1. The lowest BCUT2D eigenvalue weighted by Gasteiger charge is -2.01.